The zero-order valence-corrected chi connectivity index (χ0v) is 23.1. The molecule has 3 aromatic rings. The second-order valence-corrected chi connectivity index (χ2v) is 11.3. The highest BCUT2D eigenvalue weighted by Crippen LogP contribution is 2.39. The number of aryl methyl sites for hydroxylation is 1. The third-order valence-electron chi connectivity index (χ3n) is 6.80. The van der Waals surface area contributed by atoms with Crippen LogP contribution < -0.4 is 9.47 Å². The average molecular weight is 546 g/mol. The van der Waals surface area contributed by atoms with E-state index >= 15 is 0 Å². The lowest BCUT2D eigenvalue weighted by atomic mass is 9.96. The molecule has 1 heterocycles. The summed E-state index contributed by atoms with van der Waals surface area (Å²) in [5, 5.41) is 9.64. The molecule has 0 radical (unpaired) electrons. The maximum absolute atomic E-state index is 10.8. The van der Waals surface area contributed by atoms with Crippen LogP contribution in [-0.4, -0.2) is 60.7 Å². The van der Waals surface area contributed by atoms with E-state index in [2.05, 4.69) is 59.5 Å². The van der Waals surface area contributed by atoms with Crippen molar-refractivity contribution < 1.29 is 24.1 Å². The van der Waals surface area contributed by atoms with Crippen LogP contribution in [0.1, 0.15) is 35.1 Å². The SMILES string of the molecule is Cc1cc(OC/C=C(\c2ccc(CN3CCOCC3)cc2)c2ccc(SC3CC3)cc2)ccc1OCC(=O)O. The fourth-order valence-electron chi connectivity index (χ4n) is 4.54. The van der Waals surface area contributed by atoms with Crippen molar-refractivity contribution in [1.82, 2.24) is 4.90 Å². The minimum Gasteiger partial charge on any atom is -0.489 e. The van der Waals surface area contributed by atoms with Gasteiger partial charge in [0.25, 0.3) is 0 Å². The lowest BCUT2D eigenvalue weighted by molar-refractivity contribution is -0.139. The molecular weight excluding hydrogens is 510 g/mol. The number of carbonyl (C=O) groups is 1. The molecule has 0 spiro atoms. The van der Waals surface area contributed by atoms with E-state index in [1.54, 1.807) is 6.07 Å². The van der Waals surface area contributed by atoms with Gasteiger partial charge in [0.15, 0.2) is 6.61 Å². The largest absolute Gasteiger partial charge is 0.489 e. The summed E-state index contributed by atoms with van der Waals surface area (Å²) in [4.78, 5) is 14.6. The first kappa shape index (κ1) is 27.3. The normalized spacial score (nSPS) is 16.2. The molecule has 0 amide bonds. The van der Waals surface area contributed by atoms with Gasteiger partial charge in [-0.15, -0.1) is 11.8 Å². The first-order valence-corrected chi connectivity index (χ1v) is 14.4. The molecule has 2 fully saturated rings. The summed E-state index contributed by atoms with van der Waals surface area (Å²) in [7, 11) is 0. The number of carboxylic acids is 1. The van der Waals surface area contributed by atoms with Crippen molar-refractivity contribution in [3.63, 3.8) is 0 Å². The topological polar surface area (TPSA) is 68.2 Å². The molecule has 1 saturated heterocycles. The Balaban J connectivity index is 1.30. The molecule has 7 heteroatoms. The molecule has 2 aliphatic rings. The Morgan fingerprint density at radius 1 is 1.00 bits per heavy atom. The van der Waals surface area contributed by atoms with Crippen molar-refractivity contribution in [3.05, 3.63) is 95.1 Å². The Kier molecular flexibility index (Phi) is 9.24. The highest BCUT2D eigenvalue weighted by Gasteiger charge is 2.22. The van der Waals surface area contributed by atoms with Gasteiger partial charge in [-0.25, -0.2) is 4.79 Å². The summed E-state index contributed by atoms with van der Waals surface area (Å²) in [6.07, 6.45) is 4.76. The molecule has 5 rings (SSSR count). The van der Waals surface area contributed by atoms with Crippen molar-refractivity contribution in [2.45, 2.75) is 36.5 Å². The fraction of sp³-hybridized carbons (Fsp3) is 0.344. The maximum atomic E-state index is 10.8. The van der Waals surface area contributed by atoms with Gasteiger partial charge in [-0.05, 0) is 84.0 Å². The average Bonchev–Trinajstić information content (AvgIpc) is 3.76. The minimum atomic E-state index is -0.999. The third-order valence-corrected chi connectivity index (χ3v) is 8.15. The number of carboxylic acid groups (broad SMARTS) is 1. The Hall–Kier alpha value is -3.26. The van der Waals surface area contributed by atoms with Gasteiger partial charge < -0.3 is 19.3 Å². The number of morpholine rings is 1. The Morgan fingerprint density at radius 2 is 1.69 bits per heavy atom. The van der Waals surface area contributed by atoms with Gasteiger partial charge in [0.1, 0.15) is 18.1 Å². The number of rotatable bonds is 12. The molecule has 204 valence electrons. The van der Waals surface area contributed by atoms with Gasteiger partial charge in [0, 0.05) is 29.8 Å². The standard InChI is InChI=1S/C32H35NO5S/c1-23-20-27(8-13-31(23)38-22-32(34)35)37-17-14-30(26-6-9-28(10-7-26)39-29-11-12-29)25-4-2-24(3-5-25)21-33-15-18-36-19-16-33/h2-10,13-14,20,29H,11-12,15-19,21-22H2,1H3,(H,34,35)/b30-14+. The monoisotopic (exact) mass is 545 g/mol. The highest BCUT2D eigenvalue weighted by atomic mass is 32.2. The Bertz CT molecular complexity index is 1280. The van der Waals surface area contributed by atoms with E-state index in [1.807, 2.05) is 30.8 Å². The molecule has 6 nitrogen and oxygen atoms in total. The first-order valence-electron chi connectivity index (χ1n) is 13.5. The molecule has 0 aromatic heterocycles. The van der Waals surface area contributed by atoms with Crippen LogP contribution >= 0.6 is 11.8 Å². The number of thioether (sulfide) groups is 1. The lowest BCUT2D eigenvalue weighted by Gasteiger charge is -2.26. The number of hydrogen-bond acceptors (Lipinski definition) is 6. The summed E-state index contributed by atoms with van der Waals surface area (Å²) in [5.41, 5.74) is 5.58. The quantitative estimate of drug-likeness (QED) is 0.297. The van der Waals surface area contributed by atoms with Crippen molar-refractivity contribution in [2.24, 2.45) is 0 Å². The predicted octanol–water partition coefficient (Wildman–Crippen LogP) is 6.06. The molecule has 1 aliphatic carbocycles. The second-order valence-electron chi connectivity index (χ2n) is 9.97. The van der Waals surface area contributed by atoms with Gasteiger partial charge in [-0.2, -0.15) is 0 Å². The van der Waals surface area contributed by atoms with Crippen molar-refractivity contribution >= 4 is 23.3 Å². The molecule has 0 unspecified atom stereocenters. The number of nitrogens with zero attached hydrogens (tertiary/aromatic N) is 1. The first-order chi connectivity index (χ1) is 19.0. The summed E-state index contributed by atoms with van der Waals surface area (Å²) in [5.74, 6) is 0.255. The maximum Gasteiger partial charge on any atom is 0.341 e. The van der Waals surface area contributed by atoms with Crippen LogP contribution in [0.15, 0.2) is 77.7 Å². The van der Waals surface area contributed by atoms with Gasteiger partial charge >= 0.3 is 5.97 Å². The number of ether oxygens (including phenoxy) is 3. The molecule has 39 heavy (non-hydrogen) atoms. The van der Waals surface area contributed by atoms with Crippen LogP contribution in [0.25, 0.3) is 5.57 Å². The zero-order chi connectivity index (χ0) is 27.0. The predicted molar refractivity (Wildman–Crippen MR) is 155 cm³/mol. The summed E-state index contributed by atoms with van der Waals surface area (Å²) >= 11 is 1.97. The molecule has 1 N–H and O–H groups in total. The van der Waals surface area contributed by atoms with E-state index in [0.717, 1.165) is 60.4 Å². The number of hydrogen-bond donors (Lipinski definition) is 1. The van der Waals surface area contributed by atoms with E-state index in [9.17, 15) is 4.79 Å². The minimum absolute atomic E-state index is 0.365. The van der Waals surface area contributed by atoms with Crippen LogP contribution in [0, 0.1) is 6.92 Å². The van der Waals surface area contributed by atoms with Gasteiger partial charge in [-0.3, -0.25) is 4.90 Å². The van der Waals surface area contributed by atoms with Crippen LogP contribution in [0.2, 0.25) is 0 Å². The van der Waals surface area contributed by atoms with Gasteiger partial charge in [0.05, 0.1) is 13.2 Å². The van der Waals surface area contributed by atoms with E-state index in [-0.39, 0.29) is 6.61 Å². The van der Waals surface area contributed by atoms with E-state index in [1.165, 1.54) is 23.3 Å². The van der Waals surface area contributed by atoms with Crippen molar-refractivity contribution in [3.8, 4) is 11.5 Å². The fourth-order valence-corrected chi connectivity index (χ4v) is 5.59. The van der Waals surface area contributed by atoms with Gasteiger partial charge in [0.2, 0.25) is 0 Å². The molecule has 1 saturated carbocycles. The number of benzene rings is 3. The summed E-state index contributed by atoms with van der Waals surface area (Å²) < 4.78 is 16.9. The summed E-state index contributed by atoms with van der Waals surface area (Å²) in [6.45, 7) is 6.41. The molecule has 3 aromatic carbocycles. The molecule has 0 bridgehead atoms. The molecular formula is C32H35NO5S. The number of aliphatic carboxylic acids is 1. The Morgan fingerprint density at radius 3 is 2.33 bits per heavy atom. The van der Waals surface area contributed by atoms with E-state index < -0.39 is 5.97 Å². The molecule has 1 aliphatic heterocycles. The zero-order valence-electron chi connectivity index (χ0n) is 22.3. The molecule has 0 atom stereocenters. The summed E-state index contributed by atoms with van der Waals surface area (Å²) in [6, 6.07) is 23.1. The van der Waals surface area contributed by atoms with Gasteiger partial charge in [-0.1, -0.05) is 36.4 Å². The van der Waals surface area contributed by atoms with E-state index in [0.29, 0.717) is 18.1 Å². The second kappa shape index (κ2) is 13.2. The highest BCUT2D eigenvalue weighted by molar-refractivity contribution is 8.00. The van der Waals surface area contributed by atoms with Crippen molar-refractivity contribution in [1.29, 1.82) is 0 Å². The van der Waals surface area contributed by atoms with Crippen LogP contribution in [0.5, 0.6) is 11.5 Å². The van der Waals surface area contributed by atoms with Crippen LogP contribution in [-0.2, 0) is 16.1 Å². The lowest BCUT2D eigenvalue weighted by Crippen LogP contribution is -2.35. The Labute approximate surface area is 234 Å². The van der Waals surface area contributed by atoms with Crippen LogP contribution in [0.3, 0.4) is 0 Å². The third kappa shape index (κ3) is 8.12. The van der Waals surface area contributed by atoms with Crippen LogP contribution in [0.4, 0.5) is 0 Å². The van der Waals surface area contributed by atoms with E-state index in [4.69, 9.17) is 19.3 Å². The van der Waals surface area contributed by atoms with Crippen molar-refractivity contribution in [2.75, 3.05) is 39.5 Å². The smallest absolute Gasteiger partial charge is 0.341 e.